The zero-order valence-corrected chi connectivity index (χ0v) is 19.3. The number of fused-ring (bicyclic) bond motifs is 1. The van der Waals surface area contributed by atoms with Gasteiger partial charge in [-0.05, 0) is 36.6 Å². The minimum atomic E-state index is -0.391. The van der Waals surface area contributed by atoms with E-state index in [4.69, 9.17) is 23.6 Å². The predicted octanol–water partition coefficient (Wildman–Crippen LogP) is 5.34. The Morgan fingerprint density at radius 3 is 2.85 bits per heavy atom. The van der Waals surface area contributed by atoms with Crippen molar-refractivity contribution in [2.24, 2.45) is 0 Å². The van der Waals surface area contributed by atoms with E-state index < -0.39 is 6.09 Å². The number of nitrogens with zero attached hydrogens (tertiary/aromatic N) is 2. The summed E-state index contributed by atoms with van der Waals surface area (Å²) in [6.45, 7) is 3.74. The number of pyridine rings is 1. The lowest BCUT2D eigenvalue weighted by Crippen LogP contribution is -2.33. The van der Waals surface area contributed by atoms with Gasteiger partial charge in [-0.3, -0.25) is 4.90 Å². The SMILES string of the molecule is COC(=O)N1Cc2sccc2C(Nc2ccc(-c3ccoc3)nc2OC2CCOCC2)=C1C. The number of nitrogens with one attached hydrogen (secondary N) is 1. The summed E-state index contributed by atoms with van der Waals surface area (Å²) < 4.78 is 22.1. The van der Waals surface area contributed by atoms with E-state index >= 15 is 0 Å². The quantitative estimate of drug-likeness (QED) is 0.542. The van der Waals surface area contributed by atoms with Crippen molar-refractivity contribution in [3.63, 3.8) is 0 Å². The Bertz CT molecular complexity index is 1160. The van der Waals surface area contributed by atoms with Gasteiger partial charge in [0.05, 0.1) is 50.8 Å². The molecule has 2 aliphatic rings. The van der Waals surface area contributed by atoms with Crippen molar-refractivity contribution in [1.29, 1.82) is 0 Å². The van der Waals surface area contributed by atoms with Gasteiger partial charge in [0.1, 0.15) is 11.8 Å². The number of methoxy groups -OCH3 is 1. The lowest BCUT2D eigenvalue weighted by atomic mass is 10.1. The number of aromatic nitrogens is 1. The molecular formula is C24H25N3O5S. The van der Waals surface area contributed by atoms with Crippen LogP contribution < -0.4 is 10.1 Å². The fraction of sp³-hybridized carbons (Fsp3) is 0.333. The molecule has 0 unspecified atom stereocenters. The Hall–Kier alpha value is -3.30. The third-order valence-corrected chi connectivity index (χ3v) is 6.77. The Morgan fingerprint density at radius 1 is 1.24 bits per heavy atom. The lowest BCUT2D eigenvalue weighted by molar-refractivity contribution is 0.0241. The van der Waals surface area contributed by atoms with Crippen LogP contribution in [0.25, 0.3) is 17.0 Å². The second-order valence-electron chi connectivity index (χ2n) is 7.89. The normalized spacial score (nSPS) is 16.5. The Morgan fingerprint density at radius 2 is 2.09 bits per heavy atom. The number of thiophene rings is 1. The molecule has 172 valence electrons. The third kappa shape index (κ3) is 4.34. The summed E-state index contributed by atoms with van der Waals surface area (Å²) in [5.74, 6) is 0.507. The monoisotopic (exact) mass is 467 g/mol. The number of rotatable bonds is 5. The maximum atomic E-state index is 12.4. The van der Waals surface area contributed by atoms with Crippen molar-refractivity contribution in [3.05, 3.63) is 58.3 Å². The third-order valence-electron chi connectivity index (χ3n) is 5.86. The first-order valence-electron chi connectivity index (χ1n) is 10.8. The van der Waals surface area contributed by atoms with Crippen LogP contribution in [0.3, 0.4) is 0 Å². The van der Waals surface area contributed by atoms with Crippen molar-refractivity contribution in [1.82, 2.24) is 9.88 Å². The maximum Gasteiger partial charge on any atom is 0.414 e. The Balaban J connectivity index is 1.53. The topological polar surface area (TPSA) is 86.1 Å². The zero-order valence-electron chi connectivity index (χ0n) is 18.5. The molecule has 1 amide bonds. The number of furan rings is 1. The van der Waals surface area contributed by atoms with Gasteiger partial charge in [0.2, 0.25) is 5.88 Å². The van der Waals surface area contributed by atoms with Crippen molar-refractivity contribution in [2.75, 3.05) is 25.6 Å². The van der Waals surface area contributed by atoms with E-state index in [2.05, 4.69) is 11.4 Å². The predicted molar refractivity (Wildman–Crippen MR) is 125 cm³/mol. The molecule has 0 spiro atoms. The van der Waals surface area contributed by atoms with Gasteiger partial charge in [0.15, 0.2) is 0 Å². The molecule has 3 aromatic heterocycles. The molecule has 8 nitrogen and oxygen atoms in total. The molecule has 0 bridgehead atoms. The molecule has 5 rings (SSSR count). The number of ether oxygens (including phenoxy) is 3. The molecule has 33 heavy (non-hydrogen) atoms. The summed E-state index contributed by atoms with van der Waals surface area (Å²) in [5.41, 5.74) is 5.04. The number of anilines is 1. The molecule has 1 fully saturated rings. The van der Waals surface area contributed by atoms with Crippen molar-refractivity contribution >= 4 is 28.8 Å². The molecule has 3 aromatic rings. The second-order valence-corrected chi connectivity index (χ2v) is 8.89. The van der Waals surface area contributed by atoms with E-state index in [0.717, 1.165) is 51.6 Å². The van der Waals surface area contributed by atoms with Gasteiger partial charge in [0, 0.05) is 34.5 Å². The average molecular weight is 468 g/mol. The minimum absolute atomic E-state index is 0.0242. The summed E-state index contributed by atoms with van der Waals surface area (Å²) in [4.78, 5) is 19.9. The summed E-state index contributed by atoms with van der Waals surface area (Å²) in [7, 11) is 1.39. The highest BCUT2D eigenvalue weighted by molar-refractivity contribution is 7.10. The number of carbonyl (C=O) groups is 1. The molecule has 1 saturated heterocycles. The number of amides is 1. The van der Waals surface area contributed by atoms with E-state index in [1.54, 1.807) is 28.8 Å². The van der Waals surface area contributed by atoms with Crippen molar-refractivity contribution in [2.45, 2.75) is 32.4 Å². The maximum absolute atomic E-state index is 12.4. The first kappa shape index (κ1) is 21.5. The Labute approximate surface area is 195 Å². The van der Waals surface area contributed by atoms with Crippen LogP contribution in [0.15, 0.2) is 52.3 Å². The zero-order chi connectivity index (χ0) is 22.8. The van der Waals surface area contributed by atoms with Crippen molar-refractivity contribution < 1.29 is 23.4 Å². The molecule has 0 saturated carbocycles. The standard InChI is InChI=1S/C24H25N3O5S/c1-15-22(18-8-12-33-21(18)13-27(15)24(28)29-2)25-20-4-3-19(16-5-9-31-14-16)26-23(20)32-17-6-10-30-11-7-17/h3-5,8-9,12,14,17,25H,6-7,10-11,13H2,1-2H3. The van der Waals surface area contributed by atoms with Gasteiger partial charge >= 0.3 is 6.09 Å². The first-order valence-corrected chi connectivity index (χ1v) is 11.7. The van der Waals surface area contributed by atoms with E-state index in [1.807, 2.05) is 30.5 Å². The number of carbonyl (C=O) groups excluding carboxylic acids is 1. The lowest BCUT2D eigenvalue weighted by Gasteiger charge is -2.30. The first-order chi connectivity index (χ1) is 16.1. The number of hydrogen-bond donors (Lipinski definition) is 1. The molecule has 0 aliphatic carbocycles. The molecule has 1 N–H and O–H groups in total. The summed E-state index contributed by atoms with van der Waals surface area (Å²) in [6.07, 6.45) is 4.53. The van der Waals surface area contributed by atoms with Gasteiger partial charge in [-0.25, -0.2) is 9.78 Å². The van der Waals surface area contributed by atoms with E-state index in [0.29, 0.717) is 25.6 Å². The number of allylic oxidation sites excluding steroid dienone is 1. The van der Waals surface area contributed by atoms with E-state index in [1.165, 1.54) is 7.11 Å². The summed E-state index contributed by atoms with van der Waals surface area (Å²) >= 11 is 1.61. The fourth-order valence-electron chi connectivity index (χ4n) is 4.03. The minimum Gasteiger partial charge on any atom is -0.473 e. The van der Waals surface area contributed by atoms with Crippen LogP contribution in [0.5, 0.6) is 5.88 Å². The summed E-state index contributed by atoms with van der Waals surface area (Å²) in [5, 5.41) is 5.54. The highest BCUT2D eigenvalue weighted by atomic mass is 32.1. The van der Waals surface area contributed by atoms with Gasteiger partial charge < -0.3 is 23.9 Å². The molecular weight excluding hydrogens is 442 g/mol. The van der Waals surface area contributed by atoms with Gasteiger partial charge in [-0.2, -0.15) is 0 Å². The second kappa shape index (κ2) is 9.29. The van der Waals surface area contributed by atoms with Crippen LogP contribution in [-0.2, 0) is 16.0 Å². The van der Waals surface area contributed by atoms with Crippen LogP contribution in [0.1, 0.15) is 30.2 Å². The molecule has 2 aliphatic heterocycles. The van der Waals surface area contributed by atoms with Crippen LogP contribution in [0, 0.1) is 0 Å². The molecule has 0 radical (unpaired) electrons. The van der Waals surface area contributed by atoms with E-state index in [-0.39, 0.29) is 6.10 Å². The fourth-order valence-corrected chi connectivity index (χ4v) is 4.90. The van der Waals surface area contributed by atoms with Crippen LogP contribution in [-0.4, -0.2) is 42.4 Å². The Kier molecular flexibility index (Phi) is 6.06. The molecule has 0 atom stereocenters. The van der Waals surface area contributed by atoms with Gasteiger partial charge in [-0.15, -0.1) is 11.3 Å². The largest absolute Gasteiger partial charge is 0.473 e. The van der Waals surface area contributed by atoms with Gasteiger partial charge in [-0.1, -0.05) is 0 Å². The van der Waals surface area contributed by atoms with Crippen LogP contribution in [0.2, 0.25) is 0 Å². The van der Waals surface area contributed by atoms with Crippen LogP contribution in [0.4, 0.5) is 10.5 Å². The van der Waals surface area contributed by atoms with E-state index in [9.17, 15) is 4.79 Å². The molecule has 0 aromatic carbocycles. The van der Waals surface area contributed by atoms with Gasteiger partial charge in [0.25, 0.3) is 0 Å². The summed E-state index contributed by atoms with van der Waals surface area (Å²) in [6, 6.07) is 7.81. The highest BCUT2D eigenvalue weighted by Gasteiger charge is 2.29. The molecule has 5 heterocycles. The smallest absolute Gasteiger partial charge is 0.414 e. The van der Waals surface area contributed by atoms with Crippen LogP contribution >= 0.6 is 11.3 Å². The number of hydrogen-bond acceptors (Lipinski definition) is 8. The highest BCUT2D eigenvalue weighted by Crippen LogP contribution is 2.38. The molecule has 9 heteroatoms. The van der Waals surface area contributed by atoms with Crippen molar-refractivity contribution in [3.8, 4) is 17.1 Å². The average Bonchev–Trinajstić information content (AvgIpc) is 3.54.